The first-order valence-corrected chi connectivity index (χ1v) is 13.3. The van der Waals surface area contributed by atoms with E-state index >= 15 is 0 Å². The SMILES string of the molecule is CCN1CCc2c(sc(-n3cccc3)c2[C@H](CCC(C)C)NC(=O)Nc2ccc(C)cc2C)C1. The summed E-state index contributed by atoms with van der Waals surface area (Å²) < 4.78 is 2.22. The first-order chi connectivity index (χ1) is 16.4. The van der Waals surface area contributed by atoms with Crippen molar-refractivity contribution in [2.24, 2.45) is 5.92 Å². The average Bonchev–Trinajstić information content (AvgIpc) is 3.45. The number of aryl methyl sites for hydroxylation is 2. The normalized spacial score (nSPS) is 14.8. The number of thiophene rings is 1. The summed E-state index contributed by atoms with van der Waals surface area (Å²) in [6.45, 7) is 14.0. The lowest BCUT2D eigenvalue weighted by Crippen LogP contribution is -2.35. The zero-order valence-corrected chi connectivity index (χ0v) is 22.0. The van der Waals surface area contributed by atoms with E-state index in [0.717, 1.165) is 50.1 Å². The summed E-state index contributed by atoms with van der Waals surface area (Å²) in [5, 5.41) is 7.72. The van der Waals surface area contributed by atoms with Gasteiger partial charge in [-0.2, -0.15) is 0 Å². The predicted octanol–water partition coefficient (Wildman–Crippen LogP) is 6.83. The second kappa shape index (κ2) is 10.8. The number of carbonyl (C=O) groups is 1. The Hall–Kier alpha value is -2.57. The molecule has 5 nitrogen and oxygen atoms in total. The second-order valence-corrected chi connectivity index (χ2v) is 11.0. The molecule has 6 heteroatoms. The van der Waals surface area contributed by atoms with Gasteiger partial charge < -0.3 is 15.2 Å². The van der Waals surface area contributed by atoms with E-state index in [-0.39, 0.29) is 12.1 Å². The fourth-order valence-corrected chi connectivity index (χ4v) is 6.23. The van der Waals surface area contributed by atoms with E-state index in [0.29, 0.717) is 5.92 Å². The molecule has 3 aromatic rings. The molecule has 0 aliphatic carbocycles. The minimum Gasteiger partial charge on any atom is -0.331 e. The van der Waals surface area contributed by atoms with Crippen LogP contribution < -0.4 is 10.6 Å². The third kappa shape index (κ3) is 5.56. The molecule has 0 saturated heterocycles. The van der Waals surface area contributed by atoms with E-state index in [1.807, 2.05) is 30.4 Å². The van der Waals surface area contributed by atoms with Gasteiger partial charge in [-0.15, -0.1) is 11.3 Å². The van der Waals surface area contributed by atoms with Crippen LogP contribution in [-0.4, -0.2) is 28.6 Å². The average molecular weight is 479 g/mol. The van der Waals surface area contributed by atoms with E-state index < -0.39 is 0 Å². The standard InChI is InChI=1S/C28H38N4OS/c1-6-31-16-13-22-25(18-31)34-27(32-14-7-8-15-32)26(22)24(11-9-19(2)3)30-28(33)29-23-12-10-20(4)17-21(23)5/h7-8,10,12,14-15,17,19,24H,6,9,11,13,16,18H2,1-5H3,(H2,29,30,33)/t24-/m0/s1. The maximum Gasteiger partial charge on any atom is 0.319 e. The van der Waals surface area contributed by atoms with Crippen LogP contribution in [0.15, 0.2) is 42.7 Å². The molecule has 3 heterocycles. The van der Waals surface area contributed by atoms with Crippen LogP contribution in [0.2, 0.25) is 0 Å². The summed E-state index contributed by atoms with van der Waals surface area (Å²) in [4.78, 5) is 17.2. The number of hydrogen-bond acceptors (Lipinski definition) is 3. The molecule has 2 amide bonds. The van der Waals surface area contributed by atoms with Crippen molar-refractivity contribution < 1.29 is 4.79 Å². The summed E-state index contributed by atoms with van der Waals surface area (Å²) in [6.07, 6.45) is 7.26. The van der Waals surface area contributed by atoms with Gasteiger partial charge in [0, 0.05) is 41.6 Å². The molecule has 0 unspecified atom stereocenters. The van der Waals surface area contributed by atoms with Crippen molar-refractivity contribution in [1.29, 1.82) is 0 Å². The third-order valence-corrected chi connectivity index (χ3v) is 8.01. The van der Waals surface area contributed by atoms with Gasteiger partial charge in [0.1, 0.15) is 5.00 Å². The maximum atomic E-state index is 13.2. The number of nitrogens with zero attached hydrogens (tertiary/aromatic N) is 2. The Morgan fingerprint density at radius 1 is 1.15 bits per heavy atom. The van der Waals surface area contributed by atoms with Crippen LogP contribution in [-0.2, 0) is 13.0 Å². The molecule has 1 aliphatic rings. The van der Waals surface area contributed by atoms with Crippen LogP contribution in [0, 0.1) is 19.8 Å². The molecule has 2 aromatic heterocycles. The quantitative estimate of drug-likeness (QED) is 0.373. The molecule has 0 spiro atoms. The fourth-order valence-electron chi connectivity index (χ4n) is 4.82. The third-order valence-electron chi connectivity index (χ3n) is 6.76. The highest BCUT2D eigenvalue weighted by atomic mass is 32.1. The van der Waals surface area contributed by atoms with Crippen molar-refractivity contribution in [2.75, 3.05) is 18.4 Å². The molecule has 34 heavy (non-hydrogen) atoms. The van der Waals surface area contributed by atoms with Gasteiger partial charge in [0.15, 0.2) is 0 Å². The summed E-state index contributed by atoms with van der Waals surface area (Å²) in [6, 6.07) is 10.1. The van der Waals surface area contributed by atoms with Crippen LogP contribution in [0.5, 0.6) is 0 Å². The minimum absolute atomic E-state index is 0.0290. The van der Waals surface area contributed by atoms with E-state index in [9.17, 15) is 4.79 Å². The Kier molecular flexibility index (Phi) is 7.79. The number of rotatable bonds is 8. The molecule has 2 N–H and O–H groups in total. The molecule has 1 aromatic carbocycles. The smallest absolute Gasteiger partial charge is 0.319 e. The van der Waals surface area contributed by atoms with Crippen LogP contribution >= 0.6 is 11.3 Å². The first kappa shape index (κ1) is 24.6. The van der Waals surface area contributed by atoms with Crippen LogP contribution in [0.1, 0.15) is 66.8 Å². The topological polar surface area (TPSA) is 49.3 Å². The Balaban J connectivity index is 1.67. The molecule has 0 fully saturated rings. The number of amides is 2. The van der Waals surface area contributed by atoms with Gasteiger partial charge >= 0.3 is 6.03 Å². The molecular formula is C28H38N4OS. The number of urea groups is 1. The van der Waals surface area contributed by atoms with Crippen LogP contribution in [0.25, 0.3) is 5.00 Å². The number of aromatic nitrogens is 1. The highest BCUT2D eigenvalue weighted by Crippen LogP contribution is 2.41. The van der Waals surface area contributed by atoms with Crippen molar-refractivity contribution in [1.82, 2.24) is 14.8 Å². The summed E-state index contributed by atoms with van der Waals surface area (Å²) >= 11 is 1.89. The molecule has 182 valence electrons. The van der Waals surface area contributed by atoms with E-state index in [1.165, 1.54) is 26.6 Å². The van der Waals surface area contributed by atoms with Crippen molar-refractivity contribution >= 4 is 23.1 Å². The van der Waals surface area contributed by atoms with Crippen molar-refractivity contribution in [3.63, 3.8) is 0 Å². The number of fused-ring (bicyclic) bond motifs is 1. The molecule has 0 bridgehead atoms. The minimum atomic E-state index is -0.134. The lowest BCUT2D eigenvalue weighted by Gasteiger charge is -2.28. The predicted molar refractivity (Wildman–Crippen MR) is 143 cm³/mol. The molecule has 0 saturated carbocycles. The summed E-state index contributed by atoms with van der Waals surface area (Å²) in [5.74, 6) is 0.576. The monoisotopic (exact) mass is 478 g/mol. The molecule has 1 aliphatic heterocycles. The Morgan fingerprint density at radius 3 is 2.59 bits per heavy atom. The number of benzene rings is 1. The van der Waals surface area contributed by atoms with E-state index in [2.05, 4.69) is 78.4 Å². The number of nitrogens with one attached hydrogen (secondary N) is 2. The zero-order valence-electron chi connectivity index (χ0n) is 21.1. The number of likely N-dealkylation sites (N-methyl/N-ethyl adjacent to an activating group) is 1. The van der Waals surface area contributed by atoms with Crippen LogP contribution in [0.3, 0.4) is 0 Å². The van der Waals surface area contributed by atoms with Gasteiger partial charge in [0.05, 0.1) is 6.04 Å². The highest BCUT2D eigenvalue weighted by molar-refractivity contribution is 7.15. The van der Waals surface area contributed by atoms with Gasteiger partial charge in [-0.05, 0) is 74.9 Å². The highest BCUT2D eigenvalue weighted by Gasteiger charge is 2.30. The Bertz CT molecular complexity index is 1120. The second-order valence-electron chi connectivity index (χ2n) is 9.87. The van der Waals surface area contributed by atoms with Crippen molar-refractivity contribution in [3.05, 3.63) is 69.9 Å². The first-order valence-electron chi connectivity index (χ1n) is 12.5. The van der Waals surface area contributed by atoms with E-state index in [1.54, 1.807) is 0 Å². The Morgan fingerprint density at radius 2 is 1.91 bits per heavy atom. The summed E-state index contributed by atoms with van der Waals surface area (Å²) in [7, 11) is 0. The number of anilines is 1. The van der Waals surface area contributed by atoms with Crippen molar-refractivity contribution in [3.8, 4) is 5.00 Å². The Labute approximate surface area is 208 Å². The summed E-state index contributed by atoms with van der Waals surface area (Å²) in [5.41, 5.74) is 5.89. The largest absolute Gasteiger partial charge is 0.331 e. The van der Waals surface area contributed by atoms with Gasteiger partial charge in [-0.1, -0.05) is 38.5 Å². The van der Waals surface area contributed by atoms with Gasteiger partial charge in [-0.25, -0.2) is 4.79 Å². The van der Waals surface area contributed by atoms with Gasteiger partial charge in [0.2, 0.25) is 0 Å². The molecule has 0 radical (unpaired) electrons. The number of carbonyl (C=O) groups excluding carboxylic acids is 1. The fraction of sp³-hybridized carbons (Fsp3) is 0.464. The van der Waals surface area contributed by atoms with E-state index in [4.69, 9.17) is 0 Å². The molecule has 4 rings (SSSR count). The maximum absolute atomic E-state index is 13.2. The molecule has 1 atom stereocenters. The lowest BCUT2D eigenvalue weighted by molar-refractivity contribution is 0.246. The lowest BCUT2D eigenvalue weighted by atomic mass is 9.92. The zero-order chi connectivity index (χ0) is 24.2. The van der Waals surface area contributed by atoms with Gasteiger partial charge in [0.25, 0.3) is 0 Å². The number of hydrogen-bond donors (Lipinski definition) is 2. The van der Waals surface area contributed by atoms with Crippen LogP contribution in [0.4, 0.5) is 10.5 Å². The van der Waals surface area contributed by atoms with Crippen molar-refractivity contribution in [2.45, 2.75) is 66.5 Å². The van der Waals surface area contributed by atoms with Gasteiger partial charge in [-0.3, -0.25) is 4.90 Å². The molecular weight excluding hydrogens is 440 g/mol.